The quantitative estimate of drug-likeness (QED) is 0.856. The molecule has 1 unspecified atom stereocenters. The van der Waals surface area contributed by atoms with E-state index in [0.717, 1.165) is 12.2 Å². The molecule has 108 valence electrons. The summed E-state index contributed by atoms with van der Waals surface area (Å²) in [5.41, 5.74) is 4.10. The zero-order valence-corrected chi connectivity index (χ0v) is 12.9. The SMILES string of the molecule is Cc1nn(CCO)c(C)c1CN(C)C(C)C1(C)CC1. The van der Waals surface area contributed by atoms with Gasteiger partial charge in [-0.2, -0.15) is 5.10 Å². The lowest BCUT2D eigenvalue weighted by molar-refractivity contribution is 0.177. The van der Waals surface area contributed by atoms with Gasteiger partial charge in [-0.3, -0.25) is 9.58 Å². The van der Waals surface area contributed by atoms with Crippen molar-refractivity contribution < 1.29 is 5.11 Å². The van der Waals surface area contributed by atoms with Gasteiger partial charge in [0.15, 0.2) is 0 Å². The van der Waals surface area contributed by atoms with Gasteiger partial charge in [-0.15, -0.1) is 0 Å². The van der Waals surface area contributed by atoms with Crippen LogP contribution in [0.5, 0.6) is 0 Å². The van der Waals surface area contributed by atoms with Crippen molar-refractivity contribution in [2.75, 3.05) is 13.7 Å². The summed E-state index contributed by atoms with van der Waals surface area (Å²) in [5.74, 6) is 0. The van der Waals surface area contributed by atoms with Crippen molar-refractivity contribution >= 4 is 0 Å². The van der Waals surface area contributed by atoms with Crippen LogP contribution in [0.2, 0.25) is 0 Å². The van der Waals surface area contributed by atoms with E-state index < -0.39 is 0 Å². The summed E-state index contributed by atoms with van der Waals surface area (Å²) in [4.78, 5) is 2.44. The lowest BCUT2D eigenvalue weighted by atomic mass is 9.99. The highest BCUT2D eigenvalue weighted by molar-refractivity contribution is 5.24. The van der Waals surface area contributed by atoms with Crippen LogP contribution in [-0.4, -0.2) is 39.5 Å². The predicted molar refractivity (Wildman–Crippen MR) is 77.1 cm³/mol. The third kappa shape index (κ3) is 2.84. The molecule has 0 aromatic carbocycles. The summed E-state index contributed by atoms with van der Waals surface area (Å²) in [5, 5.41) is 13.6. The summed E-state index contributed by atoms with van der Waals surface area (Å²) in [6.45, 7) is 10.5. The van der Waals surface area contributed by atoms with Crippen molar-refractivity contribution in [1.29, 1.82) is 0 Å². The van der Waals surface area contributed by atoms with Crippen LogP contribution in [0.3, 0.4) is 0 Å². The summed E-state index contributed by atoms with van der Waals surface area (Å²) in [7, 11) is 2.20. The molecule has 0 amide bonds. The van der Waals surface area contributed by atoms with Gasteiger partial charge in [0, 0.05) is 23.8 Å². The monoisotopic (exact) mass is 265 g/mol. The topological polar surface area (TPSA) is 41.3 Å². The van der Waals surface area contributed by atoms with Crippen molar-refractivity contribution in [1.82, 2.24) is 14.7 Å². The molecule has 19 heavy (non-hydrogen) atoms. The molecule has 1 aromatic rings. The number of aromatic nitrogens is 2. The second kappa shape index (κ2) is 5.25. The molecule has 1 aliphatic rings. The number of hydrogen-bond donors (Lipinski definition) is 1. The number of rotatable bonds is 6. The van der Waals surface area contributed by atoms with Crippen molar-refractivity contribution in [3.63, 3.8) is 0 Å². The van der Waals surface area contributed by atoms with E-state index >= 15 is 0 Å². The maximum Gasteiger partial charge on any atom is 0.0644 e. The van der Waals surface area contributed by atoms with Crippen LogP contribution in [0, 0.1) is 19.3 Å². The Labute approximate surface area is 116 Å². The third-order valence-corrected chi connectivity index (χ3v) is 4.96. The Morgan fingerprint density at radius 3 is 2.58 bits per heavy atom. The average Bonchev–Trinajstić information content (AvgIpc) is 3.06. The molecular formula is C15H27N3O. The minimum atomic E-state index is 0.145. The zero-order chi connectivity index (χ0) is 14.2. The van der Waals surface area contributed by atoms with E-state index in [4.69, 9.17) is 5.11 Å². The number of aliphatic hydroxyl groups is 1. The fourth-order valence-corrected chi connectivity index (χ4v) is 2.81. The number of aryl methyl sites for hydroxylation is 1. The average molecular weight is 265 g/mol. The molecule has 0 bridgehead atoms. The lowest BCUT2D eigenvalue weighted by Gasteiger charge is -2.30. The van der Waals surface area contributed by atoms with E-state index in [9.17, 15) is 0 Å². The second-order valence-electron chi connectivity index (χ2n) is 6.34. The minimum absolute atomic E-state index is 0.145. The van der Waals surface area contributed by atoms with Gasteiger partial charge in [0.05, 0.1) is 18.8 Å². The van der Waals surface area contributed by atoms with Gasteiger partial charge >= 0.3 is 0 Å². The smallest absolute Gasteiger partial charge is 0.0644 e. The molecule has 1 aliphatic carbocycles. The van der Waals surface area contributed by atoms with Gasteiger partial charge < -0.3 is 5.11 Å². The predicted octanol–water partition coefficient (Wildman–Crippen LogP) is 2.11. The molecule has 1 atom stereocenters. The fourth-order valence-electron chi connectivity index (χ4n) is 2.81. The molecule has 1 saturated carbocycles. The molecule has 1 heterocycles. The highest BCUT2D eigenvalue weighted by Gasteiger charge is 2.44. The normalized spacial score (nSPS) is 18.9. The first-order chi connectivity index (χ1) is 8.89. The zero-order valence-electron chi connectivity index (χ0n) is 12.9. The molecule has 1 N–H and O–H groups in total. The van der Waals surface area contributed by atoms with Crippen LogP contribution in [0.25, 0.3) is 0 Å². The Morgan fingerprint density at radius 1 is 1.42 bits per heavy atom. The molecule has 0 saturated heterocycles. The summed E-state index contributed by atoms with van der Waals surface area (Å²) in [6, 6.07) is 0.604. The Balaban J connectivity index is 2.10. The van der Waals surface area contributed by atoms with Crippen LogP contribution >= 0.6 is 0 Å². The first-order valence-corrected chi connectivity index (χ1v) is 7.23. The van der Waals surface area contributed by atoms with E-state index in [2.05, 4.69) is 44.7 Å². The maximum absolute atomic E-state index is 9.06. The Morgan fingerprint density at radius 2 is 2.05 bits per heavy atom. The summed E-state index contributed by atoms with van der Waals surface area (Å²) >= 11 is 0. The van der Waals surface area contributed by atoms with Gasteiger partial charge in [0.25, 0.3) is 0 Å². The largest absolute Gasteiger partial charge is 0.394 e. The van der Waals surface area contributed by atoms with Crippen molar-refractivity contribution in [3.8, 4) is 0 Å². The Hall–Kier alpha value is -0.870. The molecule has 2 rings (SSSR count). The molecule has 4 heteroatoms. The molecule has 0 radical (unpaired) electrons. The van der Waals surface area contributed by atoms with Crippen LogP contribution in [-0.2, 0) is 13.1 Å². The third-order valence-electron chi connectivity index (χ3n) is 4.96. The van der Waals surface area contributed by atoms with Crippen LogP contribution in [0.1, 0.15) is 43.6 Å². The molecule has 0 aliphatic heterocycles. The van der Waals surface area contributed by atoms with Crippen molar-refractivity contribution in [3.05, 3.63) is 17.0 Å². The van der Waals surface area contributed by atoms with Crippen LogP contribution in [0.4, 0.5) is 0 Å². The van der Waals surface area contributed by atoms with E-state index in [1.165, 1.54) is 24.1 Å². The molecule has 1 aromatic heterocycles. The maximum atomic E-state index is 9.06. The molecule has 0 spiro atoms. The van der Waals surface area contributed by atoms with E-state index in [-0.39, 0.29) is 6.61 Å². The van der Waals surface area contributed by atoms with E-state index in [1.807, 2.05) is 4.68 Å². The van der Waals surface area contributed by atoms with Crippen molar-refractivity contribution in [2.45, 2.75) is 59.7 Å². The van der Waals surface area contributed by atoms with Crippen molar-refractivity contribution in [2.24, 2.45) is 5.41 Å². The Kier molecular flexibility index (Phi) is 4.02. The van der Waals surface area contributed by atoms with Gasteiger partial charge in [-0.25, -0.2) is 0 Å². The van der Waals surface area contributed by atoms with Gasteiger partial charge in [-0.1, -0.05) is 6.92 Å². The van der Waals surface area contributed by atoms with Crippen LogP contribution < -0.4 is 0 Å². The molecule has 4 nitrogen and oxygen atoms in total. The van der Waals surface area contributed by atoms with Gasteiger partial charge in [0.2, 0.25) is 0 Å². The summed E-state index contributed by atoms with van der Waals surface area (Å²) < 4.78 is 1.92. The standard InChI is InChI=1S/C15H27N3O/c1-11-14(12(2)18(16-11)8-9-19)10-17(5)13(3)15(4)6-7-15/h13,19H,6-10H2,1-5H3. The minimum Gasteiger partial charge on any atom is -0.394 e. The number of nitrogens with zero attached hydrogens (tertiary/aromatic N) is 3. The molecular weight excluding hydrogens is 238 g/mol. The highest BCUT2D eigenvalue weighted by Crippen LogP contribution is 2.49. The number of hydrogen-bond acceptors (Lipinski definition) is 3. The van der Waals surface area contributed by atoms with Gasteiger partial charge in [0.1, 0.15) is 0 Å². The number of aliphatic hydroxyl groups excluding tert-OH is 1. The van der Waals surface area contributed by atoms with E-state index in [0.29, 0.717) is 18.0 Å². The highest BCUT2D eigenvalue weighted by atomic mass is 16.3. The Bertz CT molecular complexity index is 448. The van der Waals surface area contributed by atoms with Gasteiger partial charge in [-0.05, 0) is 46.1 Å². The second-order valence-corrected chi connectivity index (χ2v) is 6.34. The fraction of sp³-hybridized carbons (Fsp3) is 0.800. The molecule has 1 fully saturated rings. The summed E-state index contributed by atoms with van der Waals surface area (Å²) in [6.07, 6.45) is 2.69. The first-order valence-electron chi connectivity index (χ1n) is 7.23. The lowest BCUT2D eigenvalue weighted by Crippen LogP contribution is -2.35. The van der Waals surface area contributed by atoms with E-state index in [1.54, 1.807) is 0 Å². The van der Waals surface area contributed by atoms with Crippen LogP contribution in [0.15, 0.2) is 0 Å². The first kappa shape index (κ1) is 14.5.